The second-order valence-electron chi connectivity index (χ2n) is 9.68. The van der Waals surface area contributed by atoms with Crippen molar-refractivity contribution in [2.45, 2.75) is 56.6 Å². The highest BCUT2D eigenvalue weighted by molar-refractivity contribution is 7.47. The van der Waals surface area contributed by atoms with Crippen molar-refractivity contribution in [1.82, 2.24) is 24.1 Å². The summed E-state index contributed by atoms with van der Waals surface area (Å²) >= 11 is 0. The van der Waals surface area contributed by atoms with Gasteiger partial charge in [-0.25, -0.2) is 9.36 Å². The maximum absolute atomic E-state index is 12.8. The summed E-state index contributed by atoms with van der Waals surface area (Å²) in [6.45, 7) is 0.276. The van der Waals surface area contributed by atoms with Crippen molar-refractivity contribution in [2.75, 3.05) is 18.9 Å². The van der Waals surface area contributed by atoms with Crippen molar-refractivity contribution >= 4 is 32.3 Å². The summed E-state index contributed by atoms with van der Waals surface area (Å²) in [6, 6.07) is 0. The summed E-state index contributed by atoms with van der Waals surface area (Å²) in [5, 5.41) is 29.4. The Bertz CT molecular complexity index is 1770. The number of ether oxygens (including phenoxy) is 2. The monoisotopic (exact) mass is 608 g/mol. The van der Waals surface area contributed by atoms with Gasteiger partial charge >= 0.3 is 13.5 Å². The largest absolute Gasteiger partial charge is 0.472 e. The first kappa shape index (κ1) is 29.8. The van der Waals surface area contributed by atoms with E-state index in [1.807, 2.05) is 0 Å². The number of H-pyrrole nitrogens is 2. The van der Waals surface area contributed by atoms with Gasteiger partial charge in [0.1, 0.15) is 24.5 Å². The van der Waals surface area contributed by atoms with E-state index < -0.39 is 74.7 Å². The molecule has 21 heteroatoms. The van der Waals surface area contributed by atoms with Crippen LogP contribution in [-0.4, -0.2) is 84.2 Å². The van der Waals surface area contributed by atoms with E-state index >= 15 is 0 Å². The zero-order valence-corrected chi connectivity index (χ0v) is 22.8. The Balaban J connectivity index is 1.26. The lowest BCUT2D eigenvalue weighted by atomic mass is 9.98. The molecule has 2 radical (unpaired) electrons. The lowest BCUT2D eigenvalue weighted by Gasteiger charge is -2.21. The third-order valence-corrected chi connectivity index (χ3v) is 7.86. The Labute approximate surface area is 235 Å². The summed E-state index contributed by atoms with van der Waals surface area (Å²) in [4.78, 5) is 55.3. The molecule has 0 spiro atoms. The Morgan fingerprint density at radius 3 is 2.67 bits per heavy atom. The molecule has 7 atom stereocenters. The molecule has 5 rings (SSSR count). The fourth-order valence-electron chi connectivity index (χ4n) is 4.85. The van der Waals surface area contributed by atoms with E-state index in [0.717, 1.165) is 12.0 Å². The van der Waals surface area contributed by atoms with Crippen LogP contribution < -0.4 is 27.0 Å². The first-order valence-electron chi connectivity index (χ1n) is 12.5. The van der Waals surface area contributed by atoms with Gasteiger partial charge in [0.15, 0.2) is 6.33 Å². The van der Waals surface area contributed by atoms with Gasteiger partial charge in [-0.1, -0.05) is 0 Å². The average molecular weight is 608 g/mol. The maximum atomic E-state index is 12.8. The number of aliphatic hydroxyl groups is 2. The standard InChI is InChI=1S/C21H25BN8O11P/c1-9-4-28(21(35)27-18(9)33)15-3-11(12(5-31)39-15)41-42(36,37)38-6-13-10(32)2-14(40-13)29-8-30(22-7-23)16-17(29)25-20(24)26-19(16)34/h4,8,10-15,31-32H,2-3,5-6H2,1H3,(H4-,24,25,26,27,33,34,35,36,37)/q-1/p+1. The van der Waals surface area contributed by atoms with Gasteiger partial charge in [0, 0.05) is 24.6 Å². The Morgan fingerprint density at radius 2 is 1.95 bits per heavy atom. The van der Waals surface area contributed by atoms with E-state index in [1.165, 1.54) is 28.5 Å². The van der Waals surface area contributed by atoms with Crippen LogP contribution in [0.5, 0.6) is 0 Å². The van der Waals surface area contributed by atoms with Crippen LogP contribution >= 0.6 is 7.82 Å². The molecule has 0 saturated carbocycles. The number of nitrogens with one attached hydrogen (secondary N) is 2. The molecule has 2 aliphatic heterocycles. The molecule has 7 unspecified atom stereocenters. The second kappa shape index (κ2) is 11.5. The predicted octanol–water partition coefficient (Wildman–Crippen LogP) is -3.17. The number of hydrogen-bond donors (Lipinski definition) is 6. The summed E-state index contributed by atoms with van der Waals surface area (Å²) in [7, 11) is -3.76. The van der Waals surface area contributed by atoms with E-state index in [4.69, 9.17) is 29.5 Å². The van der Waals surface area contributed by atoms with Crippen molar-refractivity contribution in [2.24, 2.45) is 0 Å². The minimum Gasteiger partial charge on any atom is -0.465 e. The van der Waals surface area contributed by atoms with Gasteiger partial charge in [-0.15, -0.1) is 0 Å². The zero-order valence-electron chi connectivity index (χ0n) is 21.9. The number of phosphoric ester groups is 1. The third kappa shape index (κ3) is 5.81. The molecule has 0 aliphatic carbocycles. The molecule has 19 nitrogen and oxygen atoms in total. The number of aryl methyl sites for hydroxylation is 1. The molecule has 2 fully saturated rings. The molecule has 42 heavy (non-hydrogen) atoms. The lowest BCUT2D eigenvalue weighted by Crippen LogP contribution is -2.41. The zero-order chi connectivity index (χ0) is 30.3. The number of aromatic amines is 2. The highest BCUT2D eigenvalue weighted by Gasteiger charge is 2.44. The fraction of sp³-hybridized carbons (Fsp3) is 0.524. The molecule has 0 bridgehead atoms. The SMILES string of the molecule is Cc1cn(C2CC(OP(=O)(O)OCC3OC(n4c[n+]([B-]C#N)c5c(=O)[nH]c(N)nc54)CC3O)C(CO)O2)c(=O)[nH]c1=O. The molecule has 7 N–H and O–H groups in total. The number of nitrogen functional groups attached to an aromatic ring is 1. The Kier molecular flexibility index (Phi) is 8.20. The summed E-state index contributed by atoms with van der Waals surface area (Å²) in [6.07, 6.45) is -4.05. The maximum Gasteiger partial charge on any atom is 0.472 e. The van der Waals surface area contributed by atoms with Gasteiger partial charge in [0.05, 0.1) is 26.7 Å². The molecule has 224 valence electrons. The van der Waals surface area contributed by atoms with Crippen LogP contribution in [0.15, 0.2) is 26.9 Å². The number of aromatic nitrogens is 6. The predicted molar refractivity (Wildman–Crippen MR) is 139 cm³/mol. The summed E-state index contributed by atoms with van der Waals surface area (Å²) in [5.41, 5.74) is 4.01. The van der Waals surface area contributed by atoms with Crippen LogP contribution in [0.4, 0.5) is 5.95 Å². The Morgan fingerprint density at radius 1 is 1.24 bits per heavy atom. The van der Waals surface area contributed by atoms with Crippen LogP contribution in [0.2, 0.25) is 0 Å². The van der Waals surface area contributed by atoms with Gasteiger partial charge in [-0.05, 0) is 6.92 Å². The van der Waals surface area contributed by atoms with E-state index in [2.05, 4.69) is 15.0 Å². The van der Waals surface area contributed by atoms with Gasteiger partial charge in [0.25, 0.3) is 16.8 Å². The fourth-order valence-corrected chi connectivity index (χ4v) is 5.81. The average Bonchev–Trinajstić information content (AvgIpc) is 3.60. The summed E-state index contributed by atoms with van der Waals surface area (Å²) < 4.78 is 38.2. The van der Waals surface area contributed by atoms with Gasteiger partial charge in [-0.3, -0.25) is 38.4 Å². The van der Waals surface area contributed by atoms with Gasteiger partial charge in [0.2, 0.25) is 17.7 Å². The van der Waals surface area contributed by atoms with Crippen molar-refractivity contribution in [3.05, 3.63) is 49.3 Å². The molecular formula is C21H26BN8O11P. The molecule has 2 aliphatic rings. The number of fused-ring (bicyclic) bond motifs is 1. The second-order valence-corrected chi connectivity index (χ2v) is 11.1. The highest BCUT2D eigenvalue weighted by atomic mass is 31.2. The number of rotatable bonds is 9. The minimum atomic E-state index is -4.82. The van der Waals surface area contributed by atoms with Gasteiger partial charge in [-0.2, -0.15) is 15.5 Å². The third-order valence-electron chi connectivity index (χ3n) is 6.84. The van der Waals surface area contributed by atoms with E-state index in [-0.39, 0.29) is 35.5 Å². The van der Waals surface area contributed by atoms with Gasteiger partial charge < -0.3 is 34.8 Å². The van der Waals surface area contributed by atoms with Crippen LogP contribution in [0.25, 0.3) is 11.2 Å². The van der Waals surface area contributed by atoms with Crippen molar-refractivity contribution in [3.63, 3.8) is 0 Å². The molecule has 0 aromatic carbocycles. The molecule has 5 heterocycles. The van der Waals surface area contributed by atoms with Crippen LogP contribution in [-0.2, 0) is 23.1 Å². The number of nitriles is 1. The van der Waals surface area contributed by atoms with E-state index in [9.17, 15) is 34.1 Å². The quantitative estimate of drug-likeness (QED) is 0.103. The number of nitrogens with two attached hydrogens (primary N) is 1. The molecule has 0 amide bonds. The molecule has 2 saturated heterocycles. The molecule has 3 aromatic heterocycles. The first-order valence-corrected chi connectivity index (χ1v) is 14.0. The Hall–Kier alpha value is -3.67. The number of hydrogen-bond acceptors (Lipinski definition) is 13. The van der Waals surface area contributed by atoms with Crippen LogP contribution in [0, 0.1) is 18.2 Å². The topological polar surface area (TPSA) is 274 Å². The molecular weight excluding hydrogens is 582 g/mol. The van der Waals surface area contributed by atoms with Crippen LogP contribution in [0.1, 0.15) is 30.9 Å². The summed E-state index contributed by atoms with van der Waals surface area (Å²) in [5.74, 6) is 1.62. The number of aliphatic hydroxyl groups excluding tert-OH is 2. The van der Waals surface area contributed by atoms with Crippen molar-refractivity contribution in [3.8, 4) is 5.97 Å². The number of phosphoric acid groups is 1. The number of anilines is 1. The first-order chi connectivity index (χ1) is 19.9. The normalized spacial score (nSPS) is 27.3. The van der Waals surface area contributed by atoms with Crippen molar-refractivity contribution in [1.29, 1.82) is 5.26 Å². The number of nitrogens with zero attached hydrogens (tertiary/aromatic N) is 5. The van der Waals surface area contributed by atoms with Crippen LogP contribution in [0.3, 0.4) is 0 Å². The van der Waals surface area contributed by atoms with E-state index in [1.54, 1.807) is 5.97 Å². The number of imidazole rings is 1. The van der Waals surface area contributed by atoms with E-state index in [0.29, 0.717) is 0 Å². The van der Waals surface area contributed by atoms with Crippen molar-refractivity contribution < 1.29 is 42.7 Å². The highest BCUT2D eigenvalue weighted by Crippen LogP contribution is 2.49. The molecule has 3 aromatic rings. The lowest BCUT2D eigenvalue weighted by molar-refractivity contribution is -0.499. The smallest absolute Gasteiger partial charge is 0.465 e. The minimum absolute atomic E-state index is 0.00612.